The lowest BCUT2D eigenvalue weighted by Crippen LogP contribution is -2.52. The van der Waals surface area contributed by atoms with Gasteiger partial charge in [-0.25, -0.2) is 14.8 Å². The Morgan fingerprint density at radius 3 is 2.28 bits per heavy atom. The summed E-state index contributed by atoms with van der Waals surface area (Å²) in [5, 5.41) is 39.3. The number of nitrogens with one attached hydrogen (secondary N) is 2. The number of amides is 1. The van der Waals surface area contributed by atoms with E-state index in [0.717, 1.165) is 22.7 Å². The first kappa shape index (κ1) is 45.0. The van der Waals surface area contributed by atoms with Crippen molar-refractivity contribution < 1.29 is 19.4 Å². The molecule has 0 unspecified atom stereocenters. The number of anilines is 1. The van der Waals surface area contributed by atoms with Crippen molar-refractivity contribution in [2.75, 3.05) is 25.4 Å². The molecule has 0 radical (unpaired) electrons. The molecule has 282 valence electrons. The molecule has 12 nitrogen and oxygen atoms in total. The van der Waals surface area contributed by atoms with Crippen molar-refractivity contribution >= 4 is 77.2 Å². The Balaban J connectivity index is 0.00000486. The minimum atomic E-state index is -1.08. The second-order valence-electron chi connectivity index (χ2n) is 11.8. The van der Waals surface area contributed by atoms with Gasteiger partial charge in [0.25, 0.3) is 0 Å². The van der Waals surface area contributed by atoms with Crippen LogP contribution in [0.15, 0.2) is 58.9 Å². The number of nitrogen functional groups attached to an aromatic ring is 1. The summed E-state index contributed by atoms with van der Waals surface area (Å²) in [7, 11) is 0. The van der Waals surface area contributed by atoms with Crippen LogP contribution in [0.5, 0.6) is 5.75 Å². The van der Waals surface area contributed by atoms with E-state index in [1.807, 2.05) is 29.6 Å². The van der Waals surface area contributed by atoms with Crippen LogP contribution in [0, 0.1) is 28.6 Å². The molecule has 0 saturated heterocycles. The van der Waals surface area contributed by atoms with E-state index in [1.165, 1.54) is 23.1 Å². The van der Waals surface area contributed by atoms with Gasteiger partial charge in [0, 0.05) is 33.8 Å². The van der Waals surface area contributed by atoms with Crippen molar-refractivity contribution in [3.63, 3.8) is 0 Å². The number of carbonyl (C=O) groups excluding carboxylic acids is 1. The number of pyridine rings is 1. The molecule has 0 aliphatic rings. The summed E-state index contributed by atoms with van der Waals surface area (Å²) < 4.78 is 5.91. The average molecular weight is 820 g/mol. The summed E-state index contributed by atoms with van der Waals surface area (Å²) in [5.74, 6) is -0.757. The standard InChI is InChI=1S/C36H39ClN8O4S2.2ClH/c1-21(2)31(36(47)48)44-33(46)29(5-3-4-14-38)42-15-16-49-26-12-8-22(9-13-26)30-27(17-39)32(41)45-35(28(30)18-40)51-20-25-19-50-34(43-25)23-6-10-24(37)11-7-23;;/h6-13,19,21,29,31,42H,3-5,14-16,20,38H2,1-2H3,(H2,41,45)(H,44,46)(H,47,48);2*1H/t29-,31+;;/m0../s1. The molecule has 0 spiro atoms. The lowest BCUT2D eigenvalue weighted by molar-refractivity contribution is -0.143. The maximum atomic E-state index is 12.9. The maximum Gasteiger partial charge on any atom is 0.326 e. The van der Waals surface area contributed by atoms with Gasteiger partial charge >= 0.3 is 5.97 Å². The zero-order valence-corrected chi connectivity index (χ0v) is 33.0. The van der Waals surface area contributed by atoms with Crippen LogP contribution < -0.4 is 26.8 Å². The molecule has 4 aromatic rings. The second-order valence-corrected chi connectivity index (χ2v) is 14.1. The van der Waals surface area contributed by atoms with E-state index >= 15 is 0 Å². The lowest BCUT2D eigenvalue weighted by atomic mass is 9.97. The van der Waals surface area contributed by atoms with Crippen LogP contribution in [0.3, 0.4) is 0 Å². The van der Waals surface area contributed by atoms with Gasteiger partial charge in [0.1, 0.15) is 52.0 Å². The van der Waals surface area contributed by atoms with Gasteiger partial charge in [-0.15, -0.1) is 36.2 Å². The Morgan fingerprint density at radius 1 is 1.02 bits per heavy atom. The normalized spacial score (nSPS) is 11.7. The predicted octanol–water partition coefficient (Wildman–Crippen LogP) is 6.68. The van der Waals surface area contributed by atoms with Crippen molar-refractivity contribution in [2.24, 2.45) is 11.7 Å². The number of nitriles is 2. The second kappa shape index (κ2) is 22.2. The highest BCUT2D eigenvalue weighted by atomic mass is 35.5. The zero-order valence-electron chi connectivity index (χ0n) is 29.0. The molecule has 1 amide bonds. The number of thiazole rings is 1. The minimum absolute atomic E-state index is 0. The first-order chi connectivity index (χ1) is 24.6. The highest BCUT2D eigenvalue weighted by Crippen LogP contribution is 2.37. The zero-order chi connectivity index (χ0) is 36.9. The van der Waals surface area contributed by atoms with Crippen molar-refractivity contribution in [1.29, 1.82) is 10.5 Å². The number of carbonyl (C=O) groups is 2. The largest absolute Gasteiger partial charge is 0.492 e. The number of hydrogen-bond donors (Lipinski definition) is 5. The van der Waals surface area contributed by atoms with Crippen molar-refractivity contribution in [2.45, 2.75) is 56.0 Å². The number of rotatable bonds is 18. The Hall–Kier alpha value is -4.12. The smallest absolute Gasteiger partial charge is 0.326 e. The van der Waals surface area contributed by atoms with Gasteiger partial charge in [-0.2, -0.15) is 10.5 Å². The first-order valence-electron chi connectivity index (χ1n) is 16.2. The molecule has 2 heterocycles. The van der Waals surface area contributed by atoms with Gasteiger partial charge in [-0.1, -0.05) is 67.9 Å². The van der Waals surface area contributed by atoms with Gasteiger partial charge in [0.15, 0.2) is 0 Å². The fraction of sp³-hybridized carbons (Fsp3) is 0.333. The fourth-order valence-corrected chi connectivity index (χ4v) is 7.08. The molecular weight excluding hydrogens is 779 g/mol. The van der Waals surface area contributed by atoms with Crippen LogP contribution in [0.2, 0.25) is 5.02 Å². The first-order valence-corrected chi connectivity index (χ1v) is 18.5. The molecule has 2 atom stereocenters. The van der Waals surface area contributed by atoms with Crippen molar-refractivity contribution in [3.05, 3.63) is 75.8 Å². The van der Waals surface area contributed by atoms with E-state index < -0.39 is 18.1 Å². The molecule has 17 heteroatoms. The minimum Gasteiger partial charge on any atom is -0.492 e. The quantitative estimate of drug-likeness (QED) is 0.0526. The summed E-state index contributed by atoms with van der Waals surface area (Å²) >= 11 is 8.83. The Bertz CT molecular complexity index is 1900. The van der Waals surface area contributed by atoms with E-state index in [4.69, 9.17) is 32.8 Å². The van der Waals surface area contributed by atoms with E-state index in [9.17, 15) is 25.2 Å². The summed E-state index contributed by atoms with van der Waals surface area (Å²) in [6, 6.07) is 17.1. The fourth-order valence-electron chi connectivity index (χ4n) is 5.14. The van der Waals surface area contributed by atoms with Crippen LogP contribution in [0.1, 0.15) is 49.9 Å². The highest BCUT2D eigenvalue weighted by Gasteiger charge is 2.27. The number of nitrogens with two attached hydrogens (primary N) is 2. The molecule has 53 heavy (non-hydrogen) atoms. The Kier molecular flexibility index (Phi) is 18.8. The number of thioether (sulfide) groups is 1. The van der Waals surface area contributed by atoms with Crippen LogP contribution >= 0.6 is 59.5 Å². The number of aromatic nitrogens is 2. The monoisotopic (exact) mass is 818 g/mol. The Morgan fingerprint density at radius 2 is 1.68 bits per heavy atom. The number of aliphatic carboxylic acids is 1. The summed E-state index contributed by atoms with van der Waals surface area (Å²) in [6.45, 7) is 4.51. The van der Waals surface area contributed by atoms with E-state index in [1.54, 1.807) is 38.1 Å². The number of ether oxygens (including phenoxy) is 1. The molecular formula is C36H41Cl3N8O4S2. The van der Waals surface area contributed by atoms with Crippen LogP contribution in [-0.2, 0) is 15.3 Å². The number of carboxylic acid groups (broad SMARTS) is 1. The van der Waals surface area contributed by atoms with E-state index in [2.05, 4.69) is 27.8 Å². The van der Waals surface area contributed by atoms with Gasteiger partial charge in [-0.05, 0) is 55.1 Å². The SMILES string of the molecule is CC(C)[C@@H](NC(=O)[C@H](CCCCN)NCCOc1ccc(-c2c(C#N)c(N)nc(SCc3csc(-c4ccc(Cl)cc4)n3)c2C#N)cc1)C(=O)O.Cl.Cl. The van der Waals surface area contributed by atoms with Crippen molar-refractivity contribution in [1.82, 2.24) is 20.6 Å². The number of benzene rings is 2. The molecule has 0 aliphatic heterocycles. The van der Waals surface area contributed by atoms with Gasteiger partial charge < -0.3 is 31.9 Å². The third kappa shape index (κ3) is 12.5. The molecule has 0 aliphatic carbocycles. The number of unbranched alkanes of at least 4 members (excludes halogenated alkanes) is 1. The number of hydrogen-bond acceptors (Lipinski definition) is 12. The van der Waals surface area contributed by atoms with E-state index in [0.29, 0.717) is 58.6 Å². The number of carboxylic acids is 1. The highest BCUT2D eigenvalue weighted by molar-refractivity contribution is 7.98. The lowest BCUT2D eigenvalue weighted by Gasteiger charge is -2.23. The third-order valence-corrected chi connectivity index (χ3v) is 10.0. The summed E-state index contributed by atoms with van der Waals surface area (Å²) in [6.07, 6.45) is 1.94. The summed E-state index contributed by atoms with van der Waals surface area (Å²) in [4.78, 5) is 33.7. The maximum absolute atomic E-state index is 12.9. The molecule has 0 fully saturated rings. The predicted molar refractivity (Wildman–Crippen MR) is 215 cm³/mol. The van der Waals surface area contributed by atoms with Gasteiger partial charge in [0.2, 0.25) is 5.91 Å². The van der Waals surface area contributed by atoms with E-state index in [-0.39, 0.29) is 60.2 Å². The third-order valence-electron chi connectivity index (χ3n) is 7.81. The van der Waals surface area contributed by atoms with Gasteiger partial charge in [0.05, 0.1) is 17.3 Å². The van der Waals surface area contributed by atoms with Crippen LogP contribution in [-0.4, -0.2) is 58.7 Å². The summed E-state index contributed by atoms with van der Waals surface area (Å²) in [5.41, 5.74) is 14.9. The topological polar surface area (TPSA) is 213 Å². The average Bonchev–Trinajstić information content (AvgIpc) is 3.59. The molecule has 0 bridgehead atoms. The number of nitrogens with zero attached hydrogens (tertiary/aromatic N) is 4. The van der Waals surface area contributed by atoms with Crippen LogP contribution in [0.4, 0.5) is 5.82 Å². The molecule has 2 aromatic carbocycles. The Labute approximate surface area is 334 Å². The van der Waals surface area contributed by atoms with Gasteiger partial charge in [-0.3, -0.25) is 4.79 Å². The molecule has 7 N–H and O–H groups in total. The molecule has 4 rings (SSSR count). The number of halogens is 3. The molecule has 0 saturated carbocycles. The molecule has 2 aromatic heterocycles. The van der Waals surface area contributed by atoms with Crippen LogP contribution in [0.25, 0.3) is 21.7 Å². The van der Waals surface area contributed by atoms with Crippen molar-refractivity contribution in [3.8, 4) is 39.6 Å².